The van der Waals surface area contributed by atoms with Gasteiger partial charge in [0, 0.05) is 37.7 Å². The Morgan fingerprint density at radius 1 is 0.844 bits per heavy atom. The zero-order chi connectivity index (χ0) is 22.2. The van der Waals surface area contributed by atoms with E-state index < -0.39 is 6.04 Å². The van der Waals surface area contributed by atoms with Crippen LogP contribution in [0.5, 0.6) is 0 Å². The van der Waals surface area contributed by atoms with E-state index in [9.17, 15) is 9.59 Å². The number of amides is 2. The van der Waals surface area contributed by atoms with Crippen LogP contribution in [0, 0.1) is 0 Å². The van der Waals surface area contributed by atoms with Crippen molar-refractivity contribution in [1.82, 2.24) is 15.5 Å². The highest BCUT2D eigenvalue weighted by atomic mass is 16.2. The Kier molecular flexibility index (Phi) is 7.31. The predicted molar refractivity (Wildman–Crippen MR) is 126 cm³/mol. The van der Waals surface area contributed by atoms with E-state index in [0.29, 0.717) is 12.0 Å². The van der Waals surface area contributed by atoms with Crippen molar-refractivity contribution in [3.8, 4) is 0 Å². The molecule has 0 unspecified atom stereocenters. The second kappa shape index (κ2) is 10.7. The minimum absolute atomic E-state index is 0.0816. The lowest BCUT2D eigenvalue weighted by Crippen LogP contribution is -2.51. The zero-order valence-electron chi connectivity index (χ0n) is 18.1. The minimum Gasteiger partial charge on any atom is -0.350 e. The molecule has 2 amide bonds. The van der Waals surface area contributed by atoms with Crippen LogP contribution in [-0.2, 0) is 17.8 Å². The Balaban J connectivity index is 1.39. The van der Waals surface area contributed by atoms with Gasteiger partial charge in [-0.15, -0.1) is 0 Å². The van der Waals surface area contributed by atoms with Gasteiger partial charge in [0.15, 0.2) is 0 Å². The normalized spacial score (nSPS) is 16.9. The largest absolute Gasteiger partial charge is 0.350 e. The molecular formula is C27H29N3O2. The van der Waals surface area contributed by atoms with Crippen LogP contribution in [0.25, 0.3) is 0 Å². The first-order valence-electron chi connectivity index (χ1n) is 11.1. The molecule has 3 aromatic carbocycles. The molecule has 0 spiro atoms. The molecular weight excluding hydrogens is 398 g/mol. The molecule has 1 fully saturated rings. The molecule has 32 heavy (non-hydrogen) atoms. The molecule has 5 nitrogen and oxygen atoms in total. The van der Waals surface area contributed by atoms with Crippen molar-refractivity contribution in [2.45, 2.75) is 31.5 Å². The van der Waals surface area contributed by atoms with Gasteiger partial charge in [-0.1, -0.05) is 78.9 Å². The molecule has 1 aliphatic rings. The lowest BCUT2D eigenvalue weighted by atomic mass is 10.0. The number of carbonyl (C=O) groups is 2. The fourth-order valence-electron chi connectivity index (χ4n) is 4.13. The summed E-state index contributed by atoms with van der Waals surface area (Å²) in [6, 6.07) is 28.6. The summed E-state index contributed by atoms with van der Waals surface area (Å²) >= 11 is 0. The van der Waals surface area contributed by atoms with Gasteiger partial charge in [0.25, 0.3) is 5.91 Å². The fourth-order valence-corrected chi connectivity index (χ4v) is 4.13. The van der Waals surface area contributed by atoms with Crippen molar-refractivity contribution >= 4 is 11.8 Å². The monoisotopic (exact) mass is 427 g/mol. The van der Waals surface area contributed by atoms with Crippen LogP contribution in [0.4, 0.5) is 0 Å². The highest BCUT2D eigenvalue weighted by Crippen LogP contribution is 2.14. The summed E-state index contributed by atoms with van der Waals surface area (Å²) in [6.45, 7) is 2.64. The molecule has 0 aliphatic carbocycles. The first kappa shape index (κ1) is 21.8. The maximum absolute atomic E-state index is 13.2. The number of hydrogen-bond acceptors (Lipinski definition) is 3. The number of carbonyl (C=O) groups excluding carboxylic acids is 2. The fraction of sp³-hybridized carbons (Fsp3) is 0.259. The summed E-state index contributed by atoms with van der Waals surface area (Å²) in [5, 5.41) is 6.12. The molecule has 2 N–H and O–H groups in total. The molecule has 1 aliphatic heterocycles. The maximum Gasteiger partial charge on any atom is 0.251 e. The Morgan fingerprint density at radius 2 is 1.44 bits per heavy atom. The molecule has 0 aromatic heterocycles. The van der Waals surface area contributed by atoms with Crippen molar-refractivity contribution in [2.75, 3.05) is 13.1 Å². The van der Waals surface area contributed by atoms with Crippen molar-refractivity contribution in [2.24, 2.45) is 0 Å². The lowest BCUT2D eigenvalue weighted by molar-refractivity contribution is -0.123. The van der Waals surface area contributed by atoms with Gasteiger partial charge in [-0.25, -0.2) is 0 Å². The Bertz CT molecular complexity index is 1010. The molecule has 3 aromatic rings. The third-order valence-electron chi connectivity index (χ3n) is 5.81. The number of rotatable bonds is 8. The van der Waals surface area contributed by atoms with Crippen LogP contribution in [-0.4, -0.2) is 41.9 Å². The van der Waals surface area contributed by atoms with Crippen LogP contribution < -0.4 is 10.6 Å². The van der Waals surface area contributed by atoms with Crippen molar-refractivity contribution < 1.29 is 9.59 Å². The van der Waals surface area contributed by atoms with Gasteiger partial charge in [-0.3, -0.25) is 14.5 Å². The van der Waals surface area contributed by atoms with Crippen molar-refractivity contribution in [3.63, 3.8) is 0 Å². The average molecular weight is 428 g/mol. The maximum atomic E-state index is 13.2. The van der Waals surface area contributed by atoms with E-state index in [-0.39, 0.29) is 17.9 Å². The quantitative estimate of drug-likeness (QED) is 0.579. The molecule has 2 atom stereocenters. The minimum atomic E-state index is -0.631. The highest BCUT2D eigenvalue weighted by molar-refractivity contribution is 5.97. The molecule has 4 rings (SSSR count). The second-order valence-electron chi connectivity index (χ2n) is 8.30. The molecule has 164 valence electrons. The number of benzene rings is 3. The van der Waals surface area contributed by atoms with Gasteiger partial charge >= 0.3 is 0 Å². The van der Waals surface area contributed by atoms with Crippen LogP contribution in [0.2, 0.25) is 0 Å². The van der Waals surface area contributed by atoms with Crippen molar-refractivity contribution in [1.29, 1.82) is 0 Å². The standard InChI is InChI=1S/C27H29N3O2/c31-26(23-14-8-3-9-15-23)29-25(18-21-10-4-1-5-11-21)27(32)28-24-16-17-30(20-24)19-22-12-6-2-7-13-22/h1-15,24-25H,16-20H2,(H,28,32)(H,29,31)/t24-,25+/m0/s1. The van der Waals surface area contributed by atoms with E-state index in [0.717, 1.165) is 31.6 Å². The average Bonchev–Trinajstić information content (AvgIpc) is 3.27. The Morgan fingerprint density at radius 3 is 2.09 bits per heavy atom. The second-order valence-corrected chi connectivity index (χ2v) is 8.30. The number of nitrogens with one attached hydrogen (secondary N) is 2. The third kappa shape index (κ3) is 6.05. The first-order chi connectivity index (χ1) is 15.7. The van der Waals surface area contributed by atoms with E-state index in [1.807, 2.05) is 66.7 Å². The van der Waals surface area contributed by atoms with Crippen LogP contribution >= 0.6 is 0 Å². The molecule has 1 heterocycles. The number of likely N-dealkylation sites (tertiary alicyclic amines) is 1. The van der Waals surface area contributed by atoms with Crippen LogP contribution in [0.15, 0.2) is 91.0 Å². The zero-order valence-corrected chi connectivity index (χ0v) is 18.1. The lowest BCUT2D eigenvalue weighted by Gasteiger charge is -2.22. The van der Waals surface area contributed by atoms with Gasteiger partial charge in [0.2, 0.25) is 5.91 Å². The summed E-state index contributed by atoms with van der Waals surface area (Å²) in [5.74, 6) is -0.372. The van der Waals surface area contributed by atoms with E-state index >= 15 is 0 Å². The summed E-state index contributed by atoms with van der Waals surface area (Å²) in [7, 11) is 0. The molecule has 0 saturated carbocycles. The van der Waals surface area contributed by atoms with Gasteiger partial charge in [-0.05, 0) is 29.7 Å². The van der Waals surface area contributed by atoms with Gasteiger partial charge in [0.05, 0.1) is 0 Å². The number of nitrogens with zero attached hydrogens (tertiary/aromatic N) is 1. The number of hydrogen-bond donors (Lipinski definition) is 2. The molecule has 5 heteroatoms. The Labute approximate surface area is 189 Å². The summed E-state index contributed by atoms with van der Waals surface area (Å²) < 4.78 is 0. The first-order valence-corrected chi connectivity index (χ1v) is 11.1. The van der Waals surface area contributed by atoms with Crippen molar-refractivity contribution in [3.05, 3.63) is 108 Å². The van der Waals surface area contributed by atoms with E-state index in [1.165, 1.54) is 5.56 Å². The van der Waals surface area contributed by atoms with Gasteiger partial charge in [-0.2, -0.15) is 0 Å². The Hall–Kier alpha value is -3.44. The summed E-state index contributed by atoms with van der Waals surface area (Å²) in [4.78, 5) is 28.3. The predicted octanol–water partition coefficient (Wildman–Crippen LogP) is 3.42. The van der Waals surface area contributed by atoms with E-state index in [1.54, 1.807) is 12.1 Å². The summed E-state index contributed by atoms with van der Waals surface area (Å²) in [5.41, 5.74) is 2.84. The van der Waals surface area contributed by atoms with Crippen LogP contribution in [0.1, 0.15) is 27.9 Å². The molecule has 0 bridgehead atoms. The topological polar surface area (TPSA) is 61.4 Å². The molecule has 1 saturated heterocycles. The van der Waals surface area contributed by atoms with Gasteiger partial charge in [0.1, 0.15) is 6.04 Å². The molecule has 0 radical (unpaired) electrons. The van der Waals surface area contributed by atoms with Crippen LogP contribution in [0.3, 0.4) is 0 Å². The summed E-state index contributed by atoms with van der Waals surface area (Å²) in [6.07, 6.45) is 1.36. The van der Waals surface area contributed by atoms with Gasteiger partial charge < -0.3 is 10.6 Å². The SMILES string of the molecule is O=C(N[C@H](Cc1ccccc1)C(=O)N[C@H]1CCN(Cc2ccccc2)C1)c1ccccc1. The van der Waals surface area contributed by atoms with E-state index in [4.69, 9.17) is 0 Å². The third-order valence-corrected chi connectivity index (χ3v) is 5.81. The highest BCUT2D eigenvalue weighted by Gasteiger charge is 2.28. The smallest absolute Gasteiger partial charge is 0.251 e. The van der Waals surface area contributed by atoms with E-state index in [2.05, 4.69) is 27.7 Å².